The number of fused-ring (bicyclic) bond motifs is 1. The molecule has 0 N–H and O–H groups in total. The fourth-order valence-corrected chi connectivity index (χ4v) is 2.57. The predicted octanol–water partition coefficient (Wildman–Crippen LogP) is 2.06. The summed E-state index contributed by atoms with van der Waals surface area (Å²) in [5.41, 5.74) is 1.46. The normalized spacial score (nSPS) is 11.0. The Balaban J connectivity index is 1.50. The Hall–Kier alpha value is -2.42. The van der Waals surface area contributed by atoms with Crippen LogP contribution in [0, 0.1) is 0 Å². The van der Waals surface area contributed by atoms with Gasteiger partial charge >= 0.3 is 5.97 Å². The molecule has 0 aliphatic rings. The molecule has 0 amide bonds. The van der Waals surface area contributed by atoms with Crippen LogP contribution in [0.2, 0.25) is 0 Å². The minimum absolute atomic E-state index is 0.0555. The van der Waals surface area contributed by atoms with Crippen molar-refractivity contribution in [1.82, 2.24) is 25.2 Å². The Morgan fingerprint density at radius 1 is 1.39 bits per heavy atom. The number of thioether (sulfide) groups is 1. The highest BCUT2D eigenvalue weighted by molar-refractivity contribution is 7.99. The number of aryl methyl sites for hydroxylation is 1. The molecular weight excluding hydrogens is 318 g/mol. The molecule has 120 valence electrons. The number of nitrogens with zero attached hydrogens (tertiary/aromatic N) is 5. The Morgan fingerprint density at radius 2 is 2.26 bits per heavy atom. The summed E-state index contributed by atoms with van der Waals surface area (Å²) in [6.45, 7) is 2.77. The maximum atomic E-state index is 11.8. The highest BCUT2D eigenvalue weighted by atomic mass is 32.2. The molecule has 0 saturated heterocycles. The fraction of sp³-hybridized carbons (Fsp3) is 0.357. The van der Waals surface area contributed by atoms with E-state index < -0.39 is 0 Å². The fourth-order valence-electron chi connectivity index (χ4n) is 1.93. The van der Waals surface area contributed by atoms with Crippen molar-refractivity contribution in [3.63, 3.8) is 0 Å². The number of aromatic nitrogens is 5. The number of para-hydroxylation sites is 2. The highest BCUT2D eigenvalue weighted by Crippen LogP contribution is 2.23. The third-order valence-electron chi connectivity index (χ3n) is 2.99. The van der Waals surface area contributed by atoms with Gasteiger partial charge in [0, 0.05) is 6.54 Å². The van der Waals surface area contributed by atoms with E-state index in [0.717, 1.165) is 11.9 Å². The van der Waals surface area contributed by atoms with Gasteiger partial charge in [0.2, 0.25) is 0 Å². The van der Waals surface area contributed by atoms with Crippen LogP contribution in [0.4, 0.5) is 0 Å². The number of rotatable bonds is 7. The van der Waals surface area contributed by atoms with Crippen molar-refractivity contribution >= 4 is 28.8 Å². The van der Waals surface area contributed by atoms with Gasteiger partial charge in [-0.05, 0) is 29.0 Å². The topological polar surface area (TPSA) is 95.9 Å². The molecule has 2 heterocycles. The average molecular weight is 333 g/mol. The molecule has 1 aromatic carbocycles. The average Bonchev–Trinajstić information content (AvgIpc) is 3.17. The number of hydrogen-bond donors (Lipinski definition) is 0. The maximum absolute atomic E-state index is 11.8. The van der Waals surface area contributed by atoms with Gasteiger partial charge in [-0.1, -0.05) is 30.8 Å². The van der Waals surface area contributed by atoms with Gasteiger partial charge in [-0.15, -0.1) is 5.10 Å². The third kappa shape index (κ3) is 3.86. The van der Waals surface area contributed by atoms with E-state index in [0.29, 0.717) is 23.2 Å². The molecule has 0 radical (unpaired) electrons. The van der Waals surface area contributed by atoms with Crippen LogP contribution in [0.5, 0.6) is 0 Å². The number of hydrogen-bond acceptors (Lipinski definition) is 8. The molecule has 0 aliphatic carbocycles. The summed E-state index contributed by atoms with van der Waals surface area (Å²) in [6.07, 6.45) is 0.902. The molecule has 0 spiro atoms. The van der Waals surface area contributed by atoms with E-state index in [1.54, 1.807) is 4.68 Å². The largest absolute Gasteiger partial charge is 0.457 e. The molecule has 0 atom stereocenters. The van der Waals surface area contributed by atoms with Crippen molar-refractivity contribution in [2.45, 2.75) is 31.7 Å². The van der Waals surface area contributed by atoms with Gasteiger partial charge in [0.1, 0.15) is 11.3 Å². The molecule has 0 aliphatic heterocycles. The summed E-state index contributed by atoms with van der Waals surface area (Å²) in [5, 5.41) is 11.7. The van der Waals surface area contributed by atoms with Crippen molar-refractivity contribution < 1.29 is 13.9 Å². The van der Waals surface area contributed by atoms with E-state index in [9.17, 15) is 4.79 Å². The molecule has 3 aromatic rings. The molecule has 0 fully saturated rings. The van der Waals surface area contributed by atoms with Crippen molar-refractivity contribution in [3.8, 4) is 0 Å². The van der Waals surface area contributed by atoms with Gasteiger partial charge in [0.15, 0.2) is 18.0 Å². The Kier molecular flexibility index (Phi) is 4.86. The molecule has 0 saturated carbocycles. The van der Waals surface area contributed by atoms with Gasteiger partial charge in [-0.2, -0.15) is 0 Å². The van der Waals surface area contributed by atoms with Crippen LogP contribution in [-0.4, -0.2) is 36.9 Å². The van der Waals surface area contributed by atoms with E-state index >= 15 is 0 Å². The standard InChI is InChI=1S/C14H15N5O3S/c1-2-7-19-12(16-17-18-19)8-21-13(20)9-23-14-15-10-5-3-4-6-11(10)22-14/h3-6H,2,7-9H2,1H3. The molecule has 2 aromatic heterocycles. The number of esters is 1. The lowest BCUT2D eigenvalue weighted by molar-refractivity contribution is -0.142. The van der Waals surface area contributed by atoms with Gasteiger partial charge in [-0.25, -0.2) is 9.67 Å². The number of ether oxygens (including phenoxy) is 1. The molecular formula is C14H15N5O3S. The van der Waals surface area contributed by atoms with E-state index in [2.05, 4.69) is 20.5 Å². The smallest absolute Gasteiger partial charge is 0.316 e. The predicted molar refractivity (Wildman–Crippen MR) is 82.6 cm³/mol. The van der Waals surface area contributed by atoms with Crippen molar-refractivity contribution in [1.29, 1.82) is 0 Å². The molecule has 9 heteroatoms. The van der Waals surface area contributed by atoms with E-state index in [-0.39, 0.29) is 18.3 Å². The lowest BCUT2D eigenvalue weighted by Gasteiger charge is -2.04. The van der Waals surface area contributed by atoms with Crippen LogP contribution in [0.25, 0.3) is 11.1 Å². The summed E-state index contributed by atoms with van der Waals surface area (Å²) < 4.78 is 12.3. The molecule has 3 rings (SSSR count). The van der Waals surface area contributed by atoms with Crippen molar-refractivity contribution in [2.24, 2.45) is 0 Å². The Bertz CT molecular complexity index is 767. The third-order valence-corrected chi connectivity index (χ3v) is 3.79. The van der Waals surface area contributed by atoms with Gasteiger partial charge in [-0.3, -0.25) is 4.79 Å². The van der Waals surface area contributed by atoms with E-state index in [4.69, 9.17) is 9.15 Å². The molecule has 0 bridgehead atoms. The Labute approximate surface area is 136 Å². The highest BCUT2D eigenvalue weighted by Gasteiger charge is 2.12. The number of carbonyl (C=O) groups is 1. The van der Waals surface area contributed by atoms with Crippen molar-refractivity contribution in [2.75, 3.05) is 5.75 Å². The summed E-state index contributed by atoms with van der Waals surface area (Å²) in [5.74, 6) is 0.276. The summed E-state index contributed by atoms with van der Waals surface area (Å²) in [4.78, 5) is 16.1. The quantitative estimate of drug-likeness (QED) is 0.479. The van der Waals surface area contributed by atoms with Crippen LogP contribution in [0.3, 0.4) is 0 Å². The first-order valence-electron chi connectivity index (χ1n) is 7.15. The maximum Gasteiger partial charge on any atom is 0.316 e. The number of tetrazole rings is 1. The van der Waals surface area contributed by atoms with Crippen molar-refractivity contribution in [3.05, 3.63) is 30.1 Å². The zero-order chi connectivity index (χ0) is 16.1. The molecule has 23 heavy (non-hydrogen) atoms. The zero-order valence-electron chi connectivity index (χ0n) is 12.5. The number of oxazole rings is 1. The first-order chi connectivity index (χ1) is 11.3. The molecule has 8 nitrogen and oxygen atoms in total. The number of benzene rings is 1. The lowest BCUT2D eigenvalue weighted by Crippen LogP contribution is -2.12. The van der Waals surface area contributed by atoms with Crippen LogP contribution < -0.4 is 0 Å². The van der Waals surface area contributed by atoms with Gasteiger partial charge in [0.25, 0.3) is 5.22 Å². The summed E-state index contributed by atoms with van der Waals surface area (Å²) >= 11 is 1.20. The van der Waals surface area contributed by atoms with Crippen LogP contribution >= 0.6 is 11.8 Å². The zero-order valence-corrected chi connectivity index (χ0v) is 13.3. The summed E-state index contributed by atoms with van der Waals surface area (Å²) in [7, 11) is 0. The lowest BCUT2D eigenvalue weighted by atomic mass is 10.3. The second-order valence-electron chi connectivity index (χ2n) is 4.72. The van der Waals surface area contributed by atoms with Gasteiger partial charge in [0.05, 0.1) is 0 Å². The van der Waals surface area contributed by atoms with Crippen LogP contribution in [0.1, 0.15) is 19.2 Å². The SMILES string of the molecule is CCCn1nnnc1COC(=O)CSc1nc2ccccc2o1. The number of carbonyl (C=O) groups excluding carboxylic acids is 1. The van der Waals surface area contributed by atoms with E-state index in [1.807, 2.05) is 31.2 Å². The Morgan fingerprint density at radius 3 is 3.09 bits per heavy atom. The first kappa shape index (κ1) is 15.5. The second kappa shape index (κ2) is 7.23. The minimum atomic E-state index is -0.372. The first-order valence-corrected chi connectivity index (χ1v) is 8.14. The van der Waals surface area contributed by atoms with Gasteiger partial charge < -0.3 is 9.15 Å². The molecule has 0 unspecified atom stereocenters. The minimum Gasteiger partial charge on any atom is -0.457 e. The van der Waals surface area contributed by atoms with Crippen LogP contribution in [-0.2, 0) is 22.7 Å². The summed E-state index contributed by atoms with van der Waals surface area (Å²) in [6, 6.07) is 7.44. The monoisotopic (exact) mass is 333 g/mol. The van der Waals surface area contributed by atoms with E-state index in [1.165, 1.54) is 11.8 Å². The van der Waals surface area contributed by atoms with Crippen LogP contribution in [0.15, 0.2) is 33.9 Å². The second-order valence-corrected chi connectivity index (χ2v) is 5.64.